The number of carboxylic acid groups (broad SMARTS) is 1. The van der Waals surface area contributed by atoms with Crippen LogP contribution in [0.1, 0.15) is 32.8 Å². The fourth-order valence-corrected chi connectivity index (χ4v) is 2.48. The van der Waals surface area contributed by atoms with Crippen molar-refractivity contribution in [1.82, 2.24) is 4.98 Å². The fraction of sp³-hybridized carbons (Fsp3) is 0.375. The highest BCUT2D eigenvalue weighted by Gasteiger charge is 2.26. The van der Waals surface area contributed by atoms with Gasteiger partial charge >= 0.3 is 5.97 Å². The van der Waals surface area contributed by atoms with Crippen molar-refractivity contribution in [2.24, 2.45) is 0 Å². The van der Waals surface area contributed by atoms with Crippen LogP contribution in [0.5, 0.6) is 5.75 Å². The third-order valence-corrected chi connectivity index (χ3v) is 3.35. The highest BCUT2D eigenvalue weighted by atomic mass is 16.5. The lowest BCUT2D eigenvalue weighted by atomic mass is 9.79. The summed E-state index contributed by atoms with van der Waals surface area (Å²) in [5, 5.41) is 10.0. The van der Waals surface area contributed by atoms with Crippen LogP contribution in [0.4, 0.5) is 0 Å². The van der Waals surface area contributed by atoms with Crippen LogP contribution in [-0.2, 0) is 10.2 Å². The van der Waals surface area contributed by atoms with Crippen molar-refractivity contribution in [2.75, 3.05) is 6.61 Å². The van der Waals surface area contributed by atoms with E-state index < -0.39 is 11.4 Å². The highest BCUT2D eigenvalue weighted by molar-refractivity contribution is 5.89. The van der Waals surface area contributed by atoms with E-state index >= 15 is 0 Å². The minimum Gasteiger partial charge on any atom is -0.492 e. The molecule has 1 N–H and O–H groups in total. The number of carbonyl (C=O) groups is 1. The maximum absolute atomic E-state index is 11.1. The van der Waals surface area contributed by atoms with Crippen molar-refractivity contribution in [2.45, 2.75) is 32.6 Å². The largest absolute Gasteiger partial charge is 0.492 e. The van der Waals surface area contributed by atoms with Gasteiger partial charge in [-0.3, -0.25) is 9.78 Å². The number of ether oxygens (including phenoxy) is 1. The minimum atomic E-state index is -0.805. The number of aromatic nitrogens is 1. The molecule has 0 spiro atoms. The molecule has 2 aromatic rings. The molecule has 106 valence electrons. The molecule has 0 unspecified atom stereocenters. The van der Waals surface area contributed by atoms with Gasteiger partial charge in [0.1, 0.15) is 11.3 Å². The molecule has 2 rings (SSSR count). The topological polar surface area (TPSA) is 59.4 Å². The van der Waals surface area contributed by atoms with Crippen LogP contribution >= 0.6 is 0 Å². The number of hydrogen-bond acceptors (Lipinski definition) is 3. The second-order valence-electron chi connectivity index (χ2n) is 5.40. The average Bonchev–Trinajstić information content (AvgIpc) is 2.37. The van der Waals surface area contributed by atoms with Crippen molar-refractivity contribution < 1.29 is 14.6 Å². The Hall–Kier alpha value is -2.10. The molecule has 0 aliphatic heterocycles. The van der Waals surface area contributed by atoms with Crippen LogP contribution in [-0.4, -0.2) is 22.7 Å². The standard InChI is InChI=1S/C16H19NO3/c1-4-20-13-8-7-12(16(2,3)10-14(18)19)11-6-5-9-17-15(11)13/h5-9H,4,10H2,1-3H3,(H,18,19). The van der Waals surface area contributed by atoms with E-state index in [9.17, 15) is 4.79 Å². The van der Waals surface area contributed by atoms with Gasteiger partial charge in [-0.2, -0.15) is 0 Å². The van der Waals surface area contributed by atoms with Crippen molar-refractivity contribution in [3.8, 4) is 5.75 Å². The molecule has 0 amide bonds. The first-order valence-electron chi connectivity index (χ1n) is 6.68. The van der Waals surface area contributed by atoms with E-state index in [0.717, 1.165) is 22.2 Å². The predicted molar refractivity (Wildman–Crippen MR) is 78.2 cm³/mol. The summed E-state index contributed by atoms with van der Waals surface area (Å²) in [5.41, 5.74) is 1.30. The van der Waals surface area contributed by atoms with Crippen molar-refractivity contribution >= 4 is 16.9 Å². The van der Waals surface area contributed by atoms with Gasteiger partial charge in [-0.15, -0.1) is 0 Å². The quantitative estimate of drug-likeness (QED) is 0.907. The van der Waals surface area contributed by atoms with E-state index in [2.05, 4.69) is 4.98 Å². The van der Waals surface area contributed by atoms with E-state index in [1.54, 1.807) is 6.20 Å². The number of carboxylic acids is 1. The summed E-state index contributed by atoms with van der Waals surface area (Å²) in [6, 6.07) is 7.64. The SMILES string of the molecule is CCOc1ccc(C(C)(C)CC(=O)O)c2cccnc12. The Kier molecular flexibility index (Phi) is 3.93. The van der Waals surface area contributed by atoms with E-state index in [0.29, 0.717) is 6.61 Å². The monoisotopic (exact) mass is 273 g/mol. The average molecular weight is 273 g/mol. The summed E-state index contributed by atoms with van der Waals surface area (Å²) in [6.45, 7) is 6.37. The Labute approximate surface area is 118 Å². The van der Waals surface area contributed by atoms with Crippen LogP contribution < -0.4 is 4.74 Å². The molecule has 0 atom stereocenters. The van der Waals surface area contributed by atoms with Crippen molar-refractivity contribution in [3.63, 3.8) is 0 Å². The predicted octanol–water partition coefficient (Wildman–Crippen LogP) is 3.39. The third-order valence-electron chi connectivity index (χ3n) is 3.35. The molecule has 0 radical (unpaired) electrons. The number of nitrogens with zero attached hydrogens (tertiary/aromatic N) is 1. The molecule has 20 heavy (non-hydrogen) atoms. The number of benzene rings is 1. The summed E-state index contributed by atoms with van der Waals surface area (Å²) in [5.74, 6) is -0.0705. The van der Waals surface area contributed by atoms with Gasteiger partial charge in [0.2, 0.25) is 0 Å². The summed E-state index contributed by atoms with van der Waals surface area (Å²) in [7, 11) is 0. The zero-order chi connectivity index (χ0) is 14.8. The molecule has 1 heterocycles. The Balaban J connectivity index is 2.61. The van der Waals surface area contributed by atoms with Gasteiger partial charge in [0, 0.05) is 17.0 Å². The molecule has 0 saturated heterocycles. The third kappa shape index (κ3) is 2.74. The maximum Gasteiger partial charge on any atom is 0.304 e. The van der Waals surface area contributed by atoms with E-state index in [4.69, 9.17) is 9.84 Å². The second kappa shape index (κ2) is 5.49. The fourth-order valence-electron chi connectivity index (χ4n) is 2.48. The number of hydrogen-bond donors (Lipinski definition) is 1. The van der Waals surface area contributed by atoms with Crippen LogP contribution in [0.15, 0.2) is 30.5 Å². The summed E-state index contributed by atoms with van der Waals surface area (Å²) in [4.78, 5) is 15.4. The lowest BCUT2D eigenvalue weighted by molar-refractivity contribution is -0.138. The van der Waals surface area contributed by atoms with Gasteiger partial charge in [-0.05, 0) is 24.6 Å². The van der Waals surface area contributed by atoms with Crippen LogP contribution in [0.25, 0.3) is 10.9 Å². The molecule has 1 aromatic carbocycles. The number of pyridine rings is 1. The molecule has 0 bridgehead atoms. The van der Waals surface area contributed by atoms with E-state index in [1.807, 2.05) is 45.0 Å². The van der Waals surface area contributed by atoms with E-state index in [-0.39, 0.29) is 6.42 Å². The summed E-state index contributed by atoms with van der Waals surface area (Å²) in [6.07, 6.45) is 1.80. The lowest BCUT2D eigenvalue weighted by Crippen LogP contribution is -2.22. The normalized spacial score (nSPS) is 11.6. The first-order chi connectivity index (χ1) is 9.45. The van der Waals surface area contributed by atoms with Crippen molar-refractivity contribution in [3.05, 3.63) is 36.0 Å². The molecule has 0 aliphatic rings. The Morgan fingerprint density at radius 2 is 2.10 bits per heavy atom. The lowest BCUT2D eigenvalue weighted by Gasteiger charge is -2.25. The first-order valence-corrected chi connectivity index (χ1v) is 6.68. The highest BCUT2D eigenvalue weighted by Crippen LogP contribution is 2.36. The molecule has 1 aromatic heterocycles. The van der Waals surface area contributed by atoms with Gasteiger partial charge in [0.05, 0.1) is 13.0 Å². The van der Waals surface area contributed by atoms with E-state index in [1.165, 1.54) is 0 Å². The molecular formula is C16H19NO3. The minimum absolute atomic E-state index is 0.0744. The Morgan fingerprint density at radius 3 is 2.75 bits per heavy atom. The van der Waals surface area contributed by atoms with Gasteiger partial charge < -0.3 is 9.84 Å². The zero-order valence-electron chi connectivity index (χ0n) is 12.0. The Morgan fingerprint density at radius 1 is 1.35 bits per heavy atom. The number of fused-ring (bicyclic) bond motifs is 1. The molecular weight excluding hydrogens is 254 g/mol. The molecule has 0 fully saturated rings. The molecule has 0 saturated carbocycles. The molecule has 4 heteroatoms. The van der Waals surface area contributed by atoms with Crippen molar-refractivity contribution in [1.29, 1.82) is 0 Å². The Bertz CT molecular complexity index is 635. The maximum atomic E-state index is 11.1. The van der Waals surface area contributed by atoms with Crippen LogP contribution in [0.2, 0.25) is 0 Å². The van der Waals surface area contributed by atoms with Gasteiger partial charge in [0.15, 0.2) is 0 Å². The van der Waals surface area contributed by atoms with Gasteiger partial charge in [0.25, 0.3) is 0 Å². The number of aliphatic carboxylic acids is 1. The summed E-state index contributed by atoms with van der Waals surface area (Å²) >= 11 is 0. The molecule has 0 aliphatic carbocycles. The second-order valence-corrected chi connectivity index (χ2v) is 5.40. The van der Waals surface area contributed by atoms with Gasteiger partial charge in [-0.25, -0.2) is 0 Å². The smallest absolute Gasteiger partial charge is 0.304 e. The first kappa shape index (κ1) is 14.3. The zero-order valence-corrected chi connectivity index (χ0v) is 12.0. The van der Waals surface area contributed by atoms with Gasteiger partial charge in [-0.1, -0.05) is 26.0 Å². The number of rotatable bonds is 5. The van der Waals surface area contributed by atoms with Crippen LogP contribution in [0.3, 0.4) is 0 Å². The van der Waals surface area contributed by atoms with Crippen LogP contribution in [0, 0.1) is 0 Å². The molecule has 4 nitrogen and oxygen atoms in total. The summed E-state index contributed by atoms with van der Waals surface area (Å²) < 4.78 is 5.59.